The van der Waals surface area contributed by atoms with Crippen molar-refractivity contribution in [3.63, 3.8) is 0 Å². The fraction of sp³-hybridized carbons (Fsp3) is 0.520. The number of rotatable bonds is 8. The second kappa shape index (κ2) is 11.0. The Morgan fingerprint density at radius 2 is 1.88 bits per heavy atom. The number of methoxy groups -OCH3 is 1. The molecule has 1 aliphatic heterocycles. The van der Waals surface area contributed by atoms with Crippen LogP contribution in [0.15, 0.2) is 24.3 Å². The summed E-state index contributed by atoms with van der Waals surface area (Å²) in [6.45, 7) is 7.61. The fourth-order valence-corrected chi connectivity index (χ4v) is 5.84. The fourth-order valence-electron chi connectivity index (χ4n) is 4.46. The number of hydrogen-bond acceptors (Lipinski definition) is 7. The minimum Gasteiger partial charge on any atom is -0.497 e. The Morgan fingerprint density at radius 3 is 2.58 bits per heavy atom. The summed E-state index contributed by atoms with van der Waals surface area (Å²) in [5.74, 6) is 2.27. The number of nitrogens with zero attached hydrogens (tertiary/aromatic N) is 3. The number of ether oxygens (including phenoxy) is 2. The van der Waals surface area contributed by atoms with Crippen molar-refractivity contribution >= 4 is 22.2 Å². The first-order valence-corrected chi connectivity index (χ1v) is 12.4. The average molecular weight is 469 g/mol. The number of thiophene rings is 1. The molecule has 1 saturated heterocycles. The van der Waals surface area contributed by atoms with E-state index in [1.165, 1.54) is 4.88 Å². The second-order valence-corrected chi connectivity index (χ2v) is 9.96. The maximum Gasteiger partial charge on any atom is 0.239 e. The summed E-state index contributed by atoms with van der Waals surface area (Å²) < 4.78 is 11.0. The summed E-state index contributed by atoms with van der Waals surface area (Å²) in [6, 6.07) is 9.94. The van der Waals surface area contributed by atoms with Crippen LogP contribution in [0.3, 0.4) is 0 Å². The zero-order valence-corrected chi connectivity index (χ0v) is 20.2. The molecule has 2 heterocycles. The molecule has 1 aromatic heterocycles. The highest BCUT2D eigenvalue weighted by Gasteiger charge is 2.25. The van der Waals surface area contributed by atoms with E-state index in [1.807, 2.05) is 24.3 Å². The Kier molecular flexibility index (Phi) is 7.86. The third-order valence-corrected chi connectivity index (χ3v) is 7.61. The highest BCUT2D eigenvalue weighted by Crippen LogP contribution is 2.39. The molecular weight excluding hydrogens is 436 g/mol. The van der Waals surface area contributed by atoms with Crippen LogP contribution in [0.1, 0.15) is 29.3 Å². The summed E-state index contributed by atoms with van der Waals surface area (Å²) in [5.41, 5.74) is 1.83. The molecular formula is C25H32N4O3S. The van der Waals surface area contributed by atoms with E-state index < -0.39 is 0 Å². The number of nitrogens with one attached hydrogen (secondary N) is 1. The Morgan fingerprint density at radius 1 is 1.18 bits per heavy atom. The minimum absolute atomic E-state index is 0.0329. The van der Waals surface area contributed by atoms with E-state index in [4.69, 9.17) is 9.47 Å². The molecule has 0 saturated carbocycles. The van der Waals surface area contributed by atoms with E-state index in [-0.39, 0.29) is 5.91 Å². The molecule has 1 N–H and O–H groups in total. The predicted molar refractivity (Wildman–Crippen MR) is 130 cm³/mol. The molecule has 1 fully saturated rings. The first kappa shape index (κ1) is 23.6. The van der Waals surface area contributed by atoms with Gasteiger partial charge in [0.25, 0.3) is 0 Å². The van der Waals surface area contributed by atoms with Crippen LogP contribution in [0.2, 0.25) is 0 Å². The number of carbonyl (C=O) groups is 1. The monoisotopic (exact) mass is 468 g/mol. The lowest BCUT2D eigenvalue weighted by atomic mass is 9.89. The quantitative estimate of drug-likeness (QED) is 0.640. The summed E-state index contributed by atoms with van der Waals surface area (Å²) in [7, 11) is 1.65. The van der Waals surface area contributed by atoms with Crippen LogP contribution in [0.25, 0.3) is 0 Å². The molecule has 1 amide bonds. The van der Waals surface area contributed by atoms with Crippen LogP contribution in [0.5, 0.6) is 11.5 Å². The van der Waals surface area contributed by atoms with Crippen LogP contribution in [-0.4, -0.2) is 68.7 Å². The molecule has 7 nitrogen and oxygen atoms in total. The van der Waals surface area contributed by atoms with Gasteiger partial charge < -0.3 is 14.8 Å². The number of piperazine rings is 1. The van der Waals surface area contributed by atoms with E-state index in [1.54, 1.807) is 18.4 Å². The van der Waals surface area contributed by atoms with Gasteiger partial charge in [-0.2, -0.15) is 5.26 Å². The predicted octanol–water partition coefficient (Wildman–Crippen LogP) is 3.39. The highest BCUT2D eigenvalue weighted by molar-refractivity contribution is 7.16. The molecule has 8 heteroatoms. The van der Waals surface area contributed by atoms with Gasteiger partial charge in [0.1, 0.15) is 29.2 Å². The van der Waals surface area contributed by atoms with Crippen molar-refractivity contribution in [2.75, 3.05) is 58.3 Å². The molecule has 1 aromatic carbocycles. The molecule has 0 bridgehead atoms. The molecule has 33 heavy (non-hydrogen) atoms. The van der Waals surface area contributed by atoms with Crippen molar-refractivity contribution < 1.29 is 14.3 Å². The lowest BCUT2D eigenvalue weighted by molar-refractivity contribution is -0.117. The maximum absolute atomic E-state index is 12.7. The van der Waals surface area contributed by atoms with Crippen LogP contribution in [-0.2, 0) is 17.6 Å². The van der Waals surface area contributed by atoms with Crippen molar-refractivity contribution in [3.05, 3.63) is 40.3 Å². The van der Waals surface area contributed by atoms with E-state index in [9.17, 15) is 10.1 Å². The number of hydrogen-bond donors (Lipinski definition) is 1. The van der Waals surface area contributed by atoms with Crippen molar-refractivity contribution in [1.29, 1.82) is 5.26 Å². The Labute approximate surface area is 199 Å². The Bertz CT molecular complexity index is 990. The molecule has 0 radical (unpaired) electrons. The zero-order valence-electron chi connectivity index (χ0n) is 19.4. The van der Waals surface area contributed by atoms with Gasteiger partial charge in [-0.25, -0.2) is 0 Å². The zero-order chi connectivity index (χ0) is 23.2. The number of nitriles is 1. The molecule has 176 valence electrons. The first-order chi connectivity index (χ1) is 16.1. The number of anilines is 1. The normalized spacial score (nSPS) is 18.9. The SMILES string of the molecule is COc1ccc(OCCN2CCN(CC(=O)Nc3sc4c(c3C#N)CCC(C)C4)CC2)cc1. The highest BCUT2D eigenvalue weighted by atomic mass is 32.1. The number of amides is 1. The molecule has 1 unspecified atom stereocenters. The molecule has 0 spiro atoms. The van der Waals surface area contributed by atoms with Gasteiger partial charge in [-0.15, -0.1) is 11.3 Å². The largest absolute Gasteiger partial charge is 0.497 e. The topological polar surface area (TPSA) is 77.8 Å². The van der Waals surface area contributed by atoms with E-state index in [0.29, 0.717) is 24.6 Å². The summed E-state index contributed by atoms with van der Waals surface area (Å²) in [4.78, 5) is 18.5. The number of fused-ring (bicyclic) bond motifs is 1. The summed E-state index contributed by atoms with van der Waals surface area (Å²) in [6.07, 6.45) is 3.06. The van der Waals surface area contributed by atoms with Gasteiger partial charge in [0.2, 0.25) is 5.91 Å². The average Bonchev–Trinajstić information content (AvgIpc) is 3.16. The van der Waals surface area contributed by atoms with E-state index in [2.05, 4.69) is 28.1 Å². The standard InChI is InChI=1S/C25H32N4O3S/c1-18-3-8-21-22(16-26)25(33-23(21)15-18)27-24(30)17-29-11-9-28(10-12-29)13-14-32-20-6-4-19(31-2)5-7-20/h4-7,18H,3,8-15,17H2,1-2H3,(H,27,30). The minimum atomic E-state index is -0.0329. The number of carbonyl (C=O) groups excluding carboxylic acids is 1. The van der Waals surface area contributed by atoms with Gasteiger partial charge in [-0.1, -0.05) is 6.92 Å². The summed E-state index contributed by atoms with van der Waals surface area (Å²) in [5, 5.41) is 13.4. The van der Waals surface area contributed by atoms with E-state index >= 15 is 0 Å². The van der Waals surface area contributed by atoms with Crippen molar-refractivity contribution in [3.8, 4) is 17.6 Å². The molecule has 4 rings (SSSR count). The Hall–Kier alpha value is -2.60. The van der Waals surface area contributed by atoms with Crippen LogP contribution >= 0.6 is 11.3 Å². The smallest absolute Gasteiger partial charge is 0.239 e. The van der Waals surface area contributed by atoms with Crippen molar-refractivity contribution in [2.24, 2.45) is 5.92 Å². The summed E-state index contributed by atoms with van der Waals surface area (Å²) >= 11 is 1.59. The molecule has 1 aliphatic carbocycles. The van der Waals surface area contributed by atoms with E-state index in [0.717, 1.165) is 74.0 Å². The Balaban J connectivity index is 1.19. The van der Waals surface area contributed by atoms with Gasteiger partial charge >= 0.3 is 0 Å². The molecule has 2 aliphatic rings. The lowest BCUT2D eigenvalue weighted by Gasteiger charge is -2.34. The third kappa shape index (κ3) is 6.05. The molecule has 2 aromatic rings. The van der Waals surface area contributed by atoms with Crippen LogP contribution in [0, 0.1) is 17.2 Å². The van der Waals surface area contributed by atoms with Crippen LogP contribution < -0.4 is 14.8 Å². The number of benzene rings is 1. The lowest BCUT2D eigenvalue weighted by Crippen LogP contribution is -2.49. The van der Waals surface area contributed by atoms with Gasteiger partial charge in [0.05, 0.1) is 19.2 Å². The second-order valence-electron chi connectivity index (χ2n) is 8.86. The van der Waals surface area contributed by atoms with Crippen molar-refractivity contribution in [2.45, 2.75) is 26.2 Å². The third-order valence-electron chi connectivity index (χ3n) is 6.44. The maximum atomic E-state index is 12.7. The van der Waals surface area contributed by atoms with Gasteiger partial charge in [0.15, 0.2) is 0 Å². The van der Waals surface area contributed by atoms with Crippen LogP contribution in [0.4, 0.5) is 5.00 Å². The molecule has 1 atom stereocenters. The van der Waals surface area contributed by atoms with Gasteiger partial charge in [-0.3, -0.25) is 14.6 Å². The van der Waals surface area contributed by atoms with Gasteiger partial charge in [-0.05, 0) is 55.0 Å². The van der Waals surface area contributed by atoms with Crippen molar-refractivity contribution in [1.82, 2.24) is 9.80 Å². The first-order valence-electron chi connectivity index (χ1n) is 11.6. The van der Waals surface area contributed by atoms with Gasteiger partial charge in [0, 0.05) is 37.6 Å².